The van der Waals surface area contributed by atoms with Crippen molar-refractivity contribution in [2.24, 2.45) is 16.8 Å². The molecule has 0 bridgehead atoms. The predicted molar refractivity (Wildman–Crippen MR) is 114 cm³/mol. The smallest absolute Gasteiger partial charge is 0.193 e. The van der Waals surface area contributed by atoms with Gasteiger partial charge in [-0.3, -0.25) is 4.99 Å². The third kappa shape index (κ3) is 5.94. The quantitative estimate of drug-likeness (QED) is 0.398. The molecule has 1 unspecified atom stereocenters. The predicted octanol–water partition coefficient (Wildman–Crippen LogP) is 3.77. The van der Waals surface area contributed by atoms with Crippen LogP contribution in [0.15, 0.2) is 23.2 Å². The molecule has 1 heterocycles. The molecule has 1 atom stereocenters. The van der Waals surface area contributed by atoms with Crippen molar-refractivity contribution < 1.29 is 9.47 Å². The van der Waals surface area contributed by atoms with E-state index in [1.807, 2.05) is 25.2 Å². The van der Waals surface area contributed by atoms with Gasteiger partial charge in [0.2, 0.25) is 0 Å². The molecule has 0 amide bonds. The highest BCUT2D eigenvalue weighted by molar-refractivity contribution is 14.0. The molecule has 1 aromatic rings. The Labute approximate surface area is 169 Å². The average molecular weight is 461 g/mol. The van der Waals surface area contributed by atoms with Crippen LogP contribution in [-0.4, -0.2) is 45.2 Å². The van der Waals surface area contributed by atoms with Crippen LogP contribution in [0, 0.1) is 11.8 Å². The lowest BCUT2D eigenvalue weighted by Crippen LogP contribution is -2.39. The lowest BCUT2D eigenvalue weighted by Gasteiger charge is -2.23. The molecular weight excluding hydrogens is 429 g/mol. The SMILES string of the molecule is CN=C(NCc1cccc(OC)c1OC)N1CCC(CC(C)C)C1.I. The molecule has 6 heteroatoms. The minimum atomic E-state index is 0. The third-order valence-electron chi connectivity index (χ3n) is 4.52. The number of guanidine groups is 1. The van der Waals surface area contributed by atoms with Crippen LogP contribution in [0.25, 0.3) is 0 Å². The fourth-order valence-corrected chi connectivity index (χ4v) is 3.48. The van der Waals surface area contributed by atoms with Crippen LogP contribution in [0.3, 0.4) is 0 Å². The molecule has 0 aliphatic carbocycles. The van der Waals surface area contributed by atoms with Crippen LogP contribution in [0.2, 0.25) is 0 Å². The summed E-state index contributed by atoms with van der Waals surface area (Å²) >= 11 is 0. The van der Waals surface area contributed by atoms with Gasteiger partial charge >= 0.3 is 0 Å². The van der Waals surface area contributed by atoms with Crippen molar-refractivity contribution in [3.63, 3.8) is 0 Å². The zero-order valence-electron chi connectivity index (χ0n) is 16.0. The van der Waals surface area contributed by atoms with E-state index >= 15 is 0 Å². The minimum Gasteiger partial charge on any atom is -0.493 e. The monoisotopic (exact) mass is 461 g/mol. The highest BCUT2D eigenvalue weighted by Crippen LogP contribution is 2.30. The molecule has 0 spiro atoms. The normalized spacial score (nSPS) is 17.4. The molecule has 2 rings (SSSR count). The number of hydrogen-bond acceptors (Lipinski definition) is 3. The van der Waals surface area contributed by atoms with Crippen molar-refractivity contribution in [2.75, 3.05) is 34.4 Å². The molecule has 0 aromatic heterocycles. The van der Waals surface area contributed by atoms with E-state index in [0.717, 1.165) is 47.9 Å². The number of hydrogen-bond donors (Lipinski definition) is 1. The van der Waals surface area contributed by atoms with Crippen molar-refractivity contribution in [2.45, 2.75) is 33.2 Å². The molecule has 1 aromatic carbocycles. The number of benzene rings is 1. The van der Waals surface area contributed by atoms with Crippen LogP contribution >= 0.6 is 24.0 Å². The molecule has 1 saturated heterocycles. The molecule has 1 aliphatic heterocycles. The Balaban J connectivity index is 0.00000312. The Morgan fingerprint density at radius 3 is 2.68 bits per heavy atom. The first-order valence-corrected chi connectivity index (χ1v) is 8.74. The summed E-state index contributed by atoms with van der Waals surface area (Å²) in [6, 6.07) is 5.94. The van der Waals surface area contributed by atoms with E-state index in [4.69, 9.17) is 9.47 Å². The second kappa shape index (κ2) is 10.7. The molecule has 0 saturated carbocycles. The molecule has 142 valence electrons. The van der Waals surface area contributed by atoms with E-state index in [1.165, 1.54) is 12.8 Å². The summed E-state index contributed by atoms with van der Waals surface area (Å²) in [5, 5.41) is 3.47. The highest BCUT2D eigenvalue weighted by Gasteiger charge is 2.25. The summed E-state index contributed by atoms with van der Waals surface area (Å²) in [7, 11) is 5.18. The maximum Gasteiger partial charge on any atom is 0.193 e. The van der Waals surface area contributed by atoms with Gasteiger partial charge in [0.1, 0.15) is 0 Å². The van der Waals surface area contributed by atoms with Crippen LogP contribution < -0.4 is 14.8 Å². The zero-order chi connectivity index (χ0) is 17.5. The van der Waals surface area contributed by atoms with Crippen LogP contribution in [0.5, 0.6) is 11.5 Å². The fraction of sp³-hybridized carbons (Fsp3) is 0.632. The van der Waals surface area contributed by atoms with Gasteiger partial charge in [-0.1, -0.05) is 26.0 Å². The van der Waals surface area contributed by atoms with Gasteiger partial charge in [-0.05, 0) is 30.7 Å². The van der Waals surface area contributed by atoms with Gasteiger partial charge in [0.15, 0.2) is 17.5 Å². The number of aliphatic imine (C=N–C) groups is 1. The average Bonchev–Trinajstić information content (AvgIpc) is 3.02. The number of ether oxygens (including phenoxy) is 2. The van der Waals surface area contributed by atoms with E-state index in [2.05, 4.69) is 29.1 Å². The summed E-state index contributed by atoms with van der Waals surface area (Å²) in [5.41, 5.74) is 1.07. The molecule has 0 radical (unpaired) electrons. The first kappa shape index (κ1) is 21.9. The van der Waals surface area contributed by atoms with Crippen molar-refractivity contribution in [1.29, 1.82) is 0 Å². The van der Waals surface area contributed by atoms with Gasteiger partial charge in [-0.2, -0.15) is 0 Å². The molecule has 25 heavy (non-hydrogen) atoms. The number of nitrogens with one attached hydrogen (secondary N) is 1. The number of halogens is 1. The van der Waals surface area contributed by atoms with Gasteiger partial charge in [0.25, 0.3) is 0 Å². The number of methoxy groups -OCH3 is 2. The minimum absolute atomic E-state index is 0. The summed E-state index contributed by atoms with van der Waals surface area (Å²) in [6.07, 6.45) is 2.54. The van der Waals surface area contributed by atoms with Gasteiger partial charge in [0.05, 0.1) is 14.2 Å². The Morgan fingerprint density at radius 2 is 2.08 bits per heavy atom. The number of rotatable bonds is 6. The summed E-state index contributed by atoms with van der Waals surface area (Å²) in [6.45, 7) is 7.42. The highest BCUT2D eigenvalue weighted by atomic mass is 127. The molecule has 5 nitrogen and oxygen atoms in total. The third-order valence-corrected chi connectivity index (χ3v) is 4.52. The second-order valence-corrected chi connectivity index (χ2v) is 6.78. The Hall–Kier alpha value is -1.18. The lowest BCUT2D eigenvalue weighted by atomic mass is 9.97. The first-order valence-electron chi connectivity index (χ1n) is 8.74. The summed E-state index contributed by atoms with van der Waals surface area (Å²) in [5.74, 6) is 4.03. The summed E-state index contributed by atoms with van der Waals surface area (Å²) < 4.78 is 10.9. The van der Waals surface area contributed by atoms with E-state index in [1.54, 1.807) is 14.2 Å². The van der Waals surface area contributed by atoms with Gasteiger partial charge < -0.3 is 19.7 Å². The first-order chi connectivity index (χ1) is 11.6. The molecule has 1 N–H and O–H groups in total. The summed E-state index contributed by atoms with van der Waals surface area (Å²) in [4.78, 5) is 6.82. The van der Waals surface area contributed by atoms with Gasteiger partial charge in [-0.25, -0.2) is 0 Å². The number of likely N-dealkylation sites (tertiary alicyclic amines) is 1. The Bertz CT molecular complexity index is 564. The second-order valence-electron chi connectivity index (χ2n) is 6.78. The van der Waals surface area contributed by atoms with E-state index < -0.39 is 0 Å². The number of nitrogens with zero attached hydrogens (tertiary/aromatic N) is 2. The maximum absolute atomic E-state index is 5.50. The molecular formula is C19H32IN3O2. The van der Waals surface area contributed by atoms with Crippen LogP contribution in [0.1, 0.15) is 32.3 Å². The van der Waals surface area contributed by atoms with Crippen molar-refractivity contribution in [3.8, 4) is 11.5 Å². The molecule has 1 aliphatic rings. The van der Waals surface area contributed by atoms with Crippen molar-refractivity contribution in [3.05, 3.63) is 23.8 Å². The Morgan fingerprint density at radius 1 is 1.32 bits per heavy atom. The van der Waals surface area contributed by atoms with Gasteiger partial charge in [0, 0.05) is 32.2 Å². The fourth-order valence-electron chi connectivity index (χ4n) is 3.48. The van der Waals surface area contributed by atoms with Crippen LogP contribution in [0.4, 0.5) is 0 Å². The number of para-hydroxylation sites is 1. The standard InChI is InChI=1S/C19H31N3O2.HI/c1-14(2)11-15-9-10-22(13-15)19(20-3)21-12-16-7-6-8-17(23-4)18(16)24-5;/h6-8,14-15H,9-13H2,1-5H3,(H,20,21);1H. The Kier molecular flexibility index (Phi) is 9.38. The maximum atomic E-state index is 5.50. The topological polar surface area (TPSA) is 46.1 Å². The van der Waals surface area contributed by atoms with Gasteiger partial charge in [-0.15, -0.1) is 24.0 Å². The molecule has 1 fully saturated rings. The zero-order valence-corrected chi connectivity index (χ0v) is 18.4. The largest absolute Gasteiger partial charge is 0.493 e. The van der Waals surface area contributed by atoms with E-state index in [0.29, 0.717) is 6.54 Å². The van der Waals surface area contributed by atoms with Crippen LogP contribution in [-0.2, 0) is 6.54 Å². The van der Waals surface area contributed by atoms with Crippen molar-refractivity contribution in [1.82, 2.24) is 10.2 Å². The lowest BCUT2D eigenvalue weighted by molar-refractivity contribution is 0.351. The van der Waals surface area contributed by atoms with E-state index in [-0.39, 0.29) is 24.0 Å². The van der Waals surface area contributed by atoms with E-state index in [9.17, 15) is 0 Å². The van der Waals surface area contributed by atoms with Crippen molar-refractivity contribution >= 4 is 29.9 Å².